The lowest BCUT2D eigenvalue weighted by molar-refractivity contribution is -0.138. The minimum Gasteiger partial charge on any atom is -0.480 e. The van der Waals surface area contributed by atoms with Crippen molar-refractivity contribution >= 4 is 23.5 Å². The minimum absolute atomic E-state index is 0.102. The molecule has 0 heterocycles. The number of carboxylic acids is 1. The summed E-state index contributed by atoms with van der Waals surface area (Å²) in [6.07, 6.45) is 0.260. The molecule has 8 N–H and O–H groups in total. The zero-order valence-corrected chi connectivity index (χ0v) is 11.1. The summed E-state index contributed by atoms with van der Waals surface area (Å²) in [4.78, 5) is 10.7. The molecular weight excluding hydrogens is 260 g/mol. The van der Waals surface area contributed by atoms with Crippen LogP contribution < -0.4 is 22.5 Å². The van der Waals surface area contributed by atoms with Crippen LogP contribution in [0.2, 0.25) is 0 Å². The number of amidine groups is 1. The molecule has 0 saturated heterocycles. The van der Waals surface area contributed by atoms with Crippen LogP contribution in [0.25, 0.3) is 0 Å². The summed E-state index contributed by atoms with van der Waals surface area (Å²) in [5, 5.41) is 18.8. The Morgan fingerprint density at radius 2 is 1.90 bits per heavy atom. The summed E-state index contributed by atoms with van der Waals surface area (Å²) in [6.45, 7) is 1.59. The number of nitrogens with one attached hydrogen (secondary N) is 1. The van der Waals surface area contributed by atoms with E-state index in [9.17, 15) is 4.79 Å². The average Bonchev–Trinajstić information content (AvgIpc) is 2.38. The predicted octanol–water partition coefficient (Wildman–Crippen LogP) is -0.340. The Morgan fingerprint density at radius 3 is 2.40 bits per heavy atom. The highest BCUT2D eigenvalue weighted by atomic mass is 16.4. The van der Waals surface area contributed by atoms with Crippen LogP contribution in [0.3, 0.4) is 0 Å². The maximum absolute atomic E-state index is 10.7. The second-order valence-electron chi connectivity index (χ2n) is 4.20. The highest BCUT2D eigenvalue weighted by Crippen LogP contribution is 2.10. The summed E-state index contributed by atoms with van der Waals surface area (Å²) in [5.74, 6) is -0.629. The summed E-state index contributed by atoms with van der Waals surface area (Å²) in [7, 11) is 0. The molecule has 1 aromatic carbocycles. The van der Waals surface area contributed by atoms with Gasteiger partial charge in [0, 0.05) is 5.69 Å². The van der Waals surface area contributed by atoms with Crippen LogP contribution in [0.1, 0.15) is 12.5 Å². The lowest BCUT2D eigenvalue weighted by Crippen LogP contribution is -2.32. The number of guanidine groups is 1. The molecule has 0 bridgehead atoms. The van der Waals surface area contributed by atoms with Crippen molar-refractivity contribution < 1.29 is 9.90 Å². The lowest BCUT2D eigenvalue weighted by Gasteiger charge is -2.08. The van der Waals surface area contributed by atoms with Gasteiger partial charge in [-0.2, -0.15) is 0 Å². The van der Waals surface area contributed by atoms with Crippen LogP contribution in [0, 0.1) is 0 Å². The van der Waals surface area contributed by atoms with Crippen molar-refractivity contribution in [1.82, 2.24) is 0 Å². The average molecular weight is 278 g/mol. The van der Waals surface area contributed by atoms with Crippen molar-refractivity contribution in [3.63, 3.8) is 0 Å². The van der Waals surface area contributed by atoms with Gasteiger partial charge in [-0.05, 0) is 31.0 Å². The molecule has 0 spiro atoms. The quantitative estimate of drug-likeness (QED) is 0.282. The molecule has 1 unspecified atom stereocenters. The minimum atomic E-state index is -1.03. The van der Waals surface area contributed by atoms with Crippen LogP contribution in [-0.4, -0.2) is 28.9 Å². The highest BCUT2D eigenvalue weighted by Gasteiger charge is 2.11. The van der Waals surface area contributed by atoms with Gasteiger partial charge in [-0.3, -0.25) is 4.79 Å². The molecule has 8 heteroatoms. The van der Waals surface area contributed by atoms with E-state index in [0.29, 0.717) is 11.5 Å². The van der Waals surface area contributed by atoms with E-state index in [1.807, 2.05) is 0 Å². The molecule has 0 aromatic heterocycles. The number of hydrogen-bond acceptors (Lipinski definition) is 4. The molecule has 0 amide bonds. The first kappa shape index (κ1) is 15.4. The van der Waals surface area contributed by atoms with Gasteiger partial charge < -0.3 is 27.6 Å². The molecule has 0 radical (unpaired) electrons. The van der Waals surface area contributed by atoms with Gasteiger partial charge in [-0.15, -0.1) is 10.2 Å². The second kappa shape index (κ2) is 7.10. The zero-order chi connectivity index (χ0) is 15.1. The monoisotopic (exact) mass is 278 g/mol. The van der Waals surface area contributed by atoms with E-state index >= 15 is 0 Å². The number of anilines is 1. The fraction of sp³-hybridized carbons (Fsp3) is 0.250. The molecule has 1 atom stereocenters. The second-order valence-corrected chi connectivity index (χ2v) is 4.20. The molecule has 8 nitrogen and oxygen atoms in total. The predicted molar refractivity (Wildman–Crippen MR) is 78.3 cm³/mol. The third kappa shape index (κ3) is 5.36. The normalized spacial score (nSPS) is 13.9. The fourth-order valence-electron chi connectivity index (χ4n) is 1.37. The fourth-order valence-corrected chi connectivity index (χ4v) is 1.37. The van der Waals surface area contributed by atoms with Crippen molar-refractivity contribution in [3.05, 3.63) is 29.8 Å². The maximum Gasteiger partial charge on any atom is 0.320 e. The third-order valence-electron chi connectivity index (χ3n) is 2.31. The molecule has 1 rings (SSSR count). The molecule has 0 aliphatic heterocycles. The number of nitrogens with two attached hydrogens (primary N) is 3. The first-order valence-corrected chi connectivity index (χ1v) is 5.86. The van der Waals surface area contributed by atoms with Crippen LogP contribution in [0.15, 0.2) is 34.5 Å². The topological polar surface area (TPSA) is 152 Å². The van der Waals surface area contributed by atoms with Crippen LogP contribution in [-0.2, 0) is 11.2 Å². The Labute approximate surface area is 116 Å². The van der Waals surface area contributed by atoms with Gasteiger partial charge in [-0.1, -0.05) is 12.1 Å². The van der Waals surface area contributed by atoms with Crippen molar-refractivity contribution in [1.29, 1.82) is 0 Å². The molecule has 0 aliphatic carbocycles. The number of nitrogens with zero attached hydrogens (tertiary/aromatic N) is 2. The van der Waals surface area contributed by atoms with Gasteiger partial charge >= 0.3 is 5.97 Å². The van der Waals surface area contributed by atoms with Crippen molar-refractivity contribution in [2.24, 2.45) is 27.4 Å². The third-order valence-corrected chi connectivity index (χ3v) is 2.31. The van der Waals surface area contributed by atoms with Crippen LogP contribution in [0.4, 0.5) is 5.69 Å². The Morgan fingerprint density at radius 1 is 1.30 bits per heavy atom. The molecule has 0 fully saturated rings. The summed E-state index contributed by atoms with van der Waals surface area (Å²) in [6, 6.07) is 6.09. The van der Waals surface area contributed by atoms with Gasteiger partial charge in [0.15, 0.2) is 0 Å². The Balaban J connectivity index is 2.65. The number of hydrogen-bond donors (Lipinski definition) is 5. The standard InChI is InChI=1S/C12H18N6O2/c1-7(13)17-18-12(15)16-9-4-2-8(3-5-9)6-10(14)11(19)20/h2-5,10H,6,14H2,1H3,(H2,13,17)(H,19,20)(H3,15,16,18). The smallest absolute Gasteiger partial charge is 0.320 e. The summed E-state index contributed by atoms with van der Waals surface area (Å²) >= 11 is 0. The summed E-state index contributed by atoms with van der Waals surface area (Å²) in [5.41, 5.74) is 17.9. The first-order chi connectivity index (χ1) is 9.38. The van der Waals surface area contributed by atoms with Gasteiger partial charge in [0.25, 0.3) is 0 Å². The molecule has 20 heavy (non-hydrogen) atoms. The molecule has 0 aliphatic rings. The largest absolute Gasteiger partial charge is 0.480 e. The number of carbonyl (C=O) groups is 1. The van der Waals surface area contributed by atoms with Gasteiger partial charge in [0.1, 0.15) is 11.9 Å². The van der Waals surface area contributed by atoms with Crippen LogP contribution in [0.5, 0.6) is 0 Å². The van der Waals surface area contributed by atoms with E-state index in [1.165, 1.54) is 0 Å². The Bertz CT molecular complexity index is 519. The van der Waals surface area contributed by atoms with E-state index in [1.54, 1.807) is 31.2 Å². The van der Waals surface area contributed by atoms with Crippen LogP contribution >= 0.6 is 0 Å². The van der Waals surface area contributed by atoms with Gasteiger partial charge in [0.05, 0.1) is 0 Å². The molecule has 108 valence electrons. The zero-order valence-electron chi connectivity index (χ0n) is 11.1. The Kier molecular flexibility index (Phi) is 5.48. The highest BCUT2D eigenvalue weighted by molar-refractivity contribution is 5.92. The van der Waals surface area contributed by atoms with E-state index in [2.05, 4.69) is 15.5 Å². The number of carboxylic acid groups (broad SMARTS) is 1. The number of benzene rings is 1. The van der Waals surface area contributed by atoms with Gasteiger partial charge in [0.2, 0.25) is 5.96 Å². The van der Waals surface area contributed by atoms with Crippen molar-refractivity contribution in [3.8, 4) is 0 Å². The SMILES string of the molecule is C/C(N)=N/N=C(\N)Nc1ccc(CC(N)C(=O)O)cc1. The van der Waals surface area contributed by atoms with E-state index in [-0.39, 0.29) is 12.4 Å². The van der Waals surface area contributed by atoms with E-state index in [4.69, 9.17) is 22.3 Å². The van der Waals surface area contributed by atoms with E-state index < -0.39 is 12.0 Å². The summed E-state index contributed by atoms with van der Waals surface area (Å²) < 4.78 is 0. The molecule has 0 saturated carbocycles. The Hall–Kier alpha value is -2.61. The first-order valence-electron chi connectivity index (χ1n) is 5.86. The lowest BCUT2D eigenvalue weighted by atomic mass is 10.1. The molecular formula is C12H18N6O2. The van der Waals surface area contributed by atoms with Crippen molar-refractivity contribution in [2.75, 3.05) is 5.32 Å². The van der Waals surface area contributed by atoms with Crippen molar-refractivity contribution in [2.45, 2.75) is 19.4 Å². The number of rotatable bonds is 5. The van der Waals surface area contributed by atoms with Gasteiger partial charge in [-0.25, -0.2) is 0 Å². The molecule has 1 aromatic rings. The number of aliphatic carboxylic acids is 1. The maximum atomic E-state index is 10.7. The van der Waals surface area contributed by atoms with E-state index in [0.717, 1.165) is 5.56 Å².